The van der Waals surface area contributed by atoms with E-state index >= 15 is 0 Å². The first kappa shape index (κ1) is 18.9. The lowest BCUT2D eigenvalue weighted by Crippen LogP contribution is -2.12. The molecule has 6 heteroatoms. The van der Waals surface area contributed by atoms with E-state index in [2.05, 4.69) is 21.2 Å². The fourth-order valence-electron chi connectivity index (χ4n) is 2.32. The fraction of sp³-hybridized carbons (Fsp3) is 0.0952. The molecule has 0 aliphatic heterocycles. The van der Waals surface area contributed by atoms with Gasteiger partial charge in [-0.15, -0.1) is 0 Å². The van der Waals surface area contributed by atoms with Crippen molar-refractivity contribution in [1.82, 2.24) is 0 Å². The number of anilines is 1. The summed E-state index contributed by atoms with van der Waals surface area (Å²) in [5, 5.41) is 2.72. The molecule has 27 heavy (non-hydrogen) atoms. The highest BCUT2D eigenvalue weighted by Gasteiger charge is 2.10. The van der Waals surface area contributed by atoms with Crippen LogP contribution in [0.5, 0.6) is 11.5 Å². The molecule has 4 nitrogen and oxygen atoms in total. The van der Waals surface area contributed by atoms with Crippen LogP contribution < -0.4 is 14.8 Å². The molecule has 1 amide bonds. The molecule has 0 atom stereocenters. The Morgan fingerprint density at radius 2 is 1.63 bits per heavy atom. The van der Waals surface area contributed by atoms with Gasteiger partial charge >= 0.3 is 0 Å². The summed E-state index contributed by atoms with van der Waals surface area (Å²) in [6.45, 7) is 0.776. The minimum absolute atomic E-state index is 0.290. The Bertz CT molecular complexity index is 901. The van der Waals surface area contributed by atoms with Crippen molar-refractivity contribution in [3.8, 4) is 11.5 Å². The van der Waals surface area contributed by atoms with Gasteiger partial charge in [0.1, 0.15) is 30.5 Å². The summed E-state index contributed by atoms with van der Waals surface area (Å²) in [6.07, 6.45) is 0. The normalized spacial score (nSPS) is 10.3. The number of carbonyl (C=O) groups is 1. The molecule has 0 bridgehead atoms. The topological polar surface area (TPSA) is 47.6 Å². The van der Waals surface area contributed by atoms with Gasteiger partial charge in [0.15, 0.2) is 0 Å². The average molecular weight is 430 g/mol. The van der Waals surface area contributed by atoms with Gasteiger partial charge < -0.3 is 14.8 Å². The number of hydrogen-bond acceptors (Lipinski definition) is 3. The van der Waals surface area contributed by atoms with Crippen LogP contribution in [-0.2, 0) is 0 Å². The molecule has 0 fully saturated rings. The van der Waals surface area contributed by atoms with Gasteiger partial charge in [-0.1, -0.05) is 18.2 Å². The second-order valence-electron chi connectivity index (χ2n) is 5.62. The molecule has 0 aliphatic carbocycles. The number of hydrogen-bond donors (Lipinski definition) is 1. The van der Waals surface area contributed by atoms with Crippen molar-refractivity contribution in [2.24, 2.45) is 0 Å². The van der Waals surface area contributed by atoms with E-state index in [1.54, 1.807) is 18.2 Å². The van der Waals surface area contributed by atoms with E-state index in [9.17, 15) is 9.18 Å². The number of rotatable bonds is 7. The Hall–Kier alpha value is -2.86. The smallest absolute Gasteiger partial charge is 0.255 e. The zero-order chi connectivity index (χ0) is 19.1. The van der Waals surface area contributed by atoms with Crippen LogP contribution in [-0.4, -0.2) is 19.1 Å². The zero-order valence-corrected chi connectivity index (χ0v) is 15.9. The van der Waals surface area contributed by atoms with Crippen LogP contribution in [0.1, 0.15) is 10.4 Å². The second kappa shape index (κ2) is 9.19. The number of carbonyl (C=O) groups excluding carboxylic acids is 1. The Kier molecular flexibility index (Phi) is 6.44. The van der Waals surface area contributed by atoms with Crippen molar-refractivity contribution in [2.75, 3.05) is 18.5 Å². The van der Waals surface area contributed by atoms with Crippen molar-refractivity contribution >= 4 is 27.5 Å². The highest BCUT2D eigenvalue weighted by atomic mass is 79.9. The fourth-order valence-corrected chi connectivity index (χ4v) is 2.82. The van der Waals surface area contributed by atoms with E-state index in [0.717, 1.165) is 5.75 Å². The highest BCUT2D eigenvalue weighted by Crippen LogP contribution is 2.26. The number of para-hydroxylation sites is 1. The van der Waals surface area contributed by atoms with Gasteiger partial charge in [-0.2, -0.15) is 0 Å². The van der Waals surface area contributed by atoms with Crippen LogP contribution in [0.25, 0.3) is 0 Å². The van der Waals surface area contributed by atoms with E-state index in [1.807, 2.05) is 30.3 Å². The van der Waals surface area contributed by atoms with Crippen molar-refractivity contribution < 1.29 is 18.7 Å². The van der Waals surface area contributed by atoms with Gasteiger partial charge in [-0.05, 0) is 70.5 Å². The number of amides is 1. The summed E-state index contributed by atoms with van der Waals surface area (Å²) >= 11 is 3.41. The first-order valence-electron chi connectivity index (χ1n) is 8.29. The Balaban J connectivity index is 1.53. The van der Waals surface area contributed by atoms with Crippen molar-refractivity contribution in [2.45, 2.75) is 0 Å². The van der Waals surface area contributed by atoms with E-state index in [-0.39, 0.29) is 11.7 Å². The van der Waals surface area contributed by atoms with Gasteiger partial charge in [0.25, 0.3) is 5.91 Å². The monoisotopic (exact) mass is 429 g/mol. The minimum atomic E-state index is -0.353. The largest absolute Gasteiger partial charge is 0.490 e. The zero-order valence-electron chi connectivity index (χ0n) is 14.3. The molecule has 0 aromatic heterocycles. The minimum Gasteiger partial charge on any atom is -0.490 e. The lowest BCUT2D eigenvalue weighted by Gasteiger charge is -2.11. The average Bonchev–Trinajstić information content (AvgIpc) is 2.68. The SMILES string of the molecule is O=C(Nc1ccc(F)cc1)c1ccc(OCCOc2ccccc2)c(Br)c1. The Morgan fingerprint density at radius 1 is 0.926 bits per heavy atom. The van der Waals surface area contributed by atoms with Crippen LogP contribution in [0.4, 0.5) is 10.1 Å². The predicted molar refractivity (Wildman–Crippen MR) is 106 cm³/mol. The number of nitrogens with one attached hydrogen (secondary N) is 1. The molecule has 0 aliphatic rings. The lowest BCUT2D eigenvalue weighted by atomic mass is 10.2. The molecule has 0 spiro atoms. The molecular formula is C21H17BrFNO3. The van der Waals surface area contributed by atoms with Crippen LogP contribution in [0.3, 0.4) is 0 Å². The molecule has 0 unspecified atom stereocenters. The van der Waals surface area contributed by atoms with E-state index in [4.69, 9.17) is 9.47 Å². The summed E-state index contributed by atoms with van der Waals surface area (Å²) in [6, 6.07) is 20.1. The van der Waals surface area contributed by atoms with Crippen LogP contribution >= 0.6 is 15.9 Å². The molecule has 138 valence electrons. The molecule has 0 saturated heterocycles. The standard InChI is InChI=1S/C21H17BrFNO3/c22-19-14-15(21(25)24-17-9-7-16(23)8-10-17)6-11-20(19)27-13-12-26-18-4-2-1-3-5-18/h1-11,14H,12-13H2,(H,24,25). The van der Waals surface area contributed by atoms with Gasteiger partial charge in [0.05, 0.1) is 4.47 Å². The van der Waals surface area contributed by atoms with E-state index in [1.165, 1.54) is 24.3 Å². The van der Waals surface area contributed by atoms with Crippen molar-refractivity contribution in [3.63, 3.8) is 0 Å². The highest BCUT2D eigenvalue weighted by molar-refractivity contribution is 9.10. The molecule has 3 aromatic rings. The molecule has 1 N–H and O–H groups in total. The number of benzene rings is 3. The number of halogens is 2. The molecular weight excluding hydrogens is 413 g/mol. The summed E-state index contributed by atoms with van der Waals surface area (Å²) in [5.41, 5.74) is 0.981. The first-order valence-corrected chi connectivity index (χ1v) is 9.08. The quantitative estimate of drug-likeness (QED) is 0.518. The first-order chi connectivity index (χ1) is 13.1. The van der Waals surface area contributed by atoms with Crippen LogP contribution in [0, 0.1) is 5.82 Å². The van der Waals surface area contributed by atoms with Crippen LogP contribution in [0.2, 0.25) is 0 Å². The van der Waals surface area contributed by atoms with Gasteiger partial charge in [-0.25, -0.2) is 4.39 Å². The molecule has 3 rings (SSSR count). The maximum absolute atomic E-state index is 12.9. The summed E-state index contributed by atoms with van der Waals surface area (Å²) in [5.74, 6) is 0.757. The van der Waals surface area contributed by atoms with Gasteiger partial charge in [0.2, 0.25) is 0 Å². The molecule has 0 heterocycles. The van der Waals surface area contributed by atoms with Crippen molar-refractivity contribution in [3.05, 3.63) is 88.6 Å². The van der Waals surface area contributed by atoms with Crippen LogP contribution in [0.15, 0.2) is 77.3 Å². The third-order valence-electron chi connectivity index (χ3n) is 3.65. The maximum Gasteiger partial charge on any atom is 0.255 e. The van der Waals surface area contributed by atoms with Gasteiger partial charge in [0, 0.05) is 11.3 Å². The summed E-state index contributed by atoms with van der Waals surface area (Å²) in [4.78, 5) is 12.3. The molecule has 3 aromatic carbocycles. The van der Waals surface area contributed by atoms with Crippen molar-refractivity contribution in [1.29, 1.82) is 0 Å². The third-order valence-corrected chi connectivity index (χ3v) is 4.27. The predicted octanol–water partition coefficient (Wildman–Crippen LogP) is 5.30. The molecule has 0 radical (unpaired) electrons. The van der Waals surface area contributed by atoms with E-state index in [0.29, 0.717) is 34.7 Å². The second-order valence-corrected chi connectivity index (χ2v) is 6.47. The Morgan fingerprint density at radius 3 is 2.33 bits per heavy atom. The lowest BCUT2D eigenvalue weighted by molar-refractivity contribution is 0.102. The summed E-state index contributed by atoms with van der Waals surface area (Å²) < 4.78 is 24.8. The third kappa shape index (κ3) is 5.56. The maximum atomic E-state index is 12.9. The Labute approximate surface area is 165 Å². The van der Waals surface area contributed by atoms with Gasteiger partial charge in [-0.3, -0.25) is 4.79 Å². The number of ether oxygens (including phenoxy) is 2. The summed E-state index contributed by atoms with van der Waals surface area (Å²) in [7, 11) is 0. The van der Waals surface area contributed by atoms with E-state index < -0.39 is 0 Å². The molecule has 0 saturated carbocycles.